The Labute approximate surface area is 171 Å². The first-order valence-electron chi connectivity index (χ1n) is 10.1. The van der Waals surface area contributed by atoms with Crippen LogP contribution < -0.4 is 10.9 Å². The zero-order valence-corrected chi connectivity index (χ0v) is 16.7. The van der Waals surface area contributed by atoms with Crippen LogP contribution in [0.1, 0.15) is 72.0 Å². The van der Waals surface area contributed by atoms with Crippen LogP contribution in [0.4, 0.5) is 0 Å². The van der Waals surface area contributed by atoms with Crippen LogP contribution >= 0.6 is 0 Å². The Hall–Kier alpha value is -3.42. The summed E-state index contributed by atoms with van der Waals surface area (Å²) in [5.74, 6) is -2.59. The fraction of sp³-hybridized carbons (Fsp3) is 0.364. The van der Waals surface area contributed by atoms with Crippen molar-refractivity contribution in [2.75, 3.05) is 0 Å². The molecule has 2 aromatic heterocycles. The number of hydrogen-bond acceptors (Lipinski definition) is 4. The zero-order chi connectivity index (χ0) is 21.8. The second-order valence-electron chi connectivity index (χ2n) is 7.43. The highest BCUT2D eigenvalue weighted by molar-refractivity contribution is 6.07. The summed E-state index contributed by atoms with van der Waals surface area (Å²) in [4.78, 5) is 53.5. The van der Waals surface area contributed by atoms with Gasteiger partial charge in [0.25, 0.3) is 0 Å². The fourth-order valence-corrected chi connectivity index (χ4v) is 3.73. The predicted octanol–water partition coefficient (Wildman–Crippen LogP) is 3.67. The maximum Gasteiger partial charge on any atom is 0.352 e. The van der Waals surface area contributed by atoms with Gasteiger partial charge in [-0.1, -0.05) is 39.0 Å². The molecule has 0 saturated carbocycles. The molecule has 8 nitrogen and oxygen atoms in total. The number of nitrogens with one attached hydrogen (secondary N) is 2. The zero-order valence-electron chi connectivity index (χ0n) is 16.7. The number of fused-ring (bicyclic) bond motifs is 3. The number of carboxylic acid groups (broad SMARTS) is 2. The van der Waals surface area contributed by atoms with E-state index in [1.54, 1.807) is 6.07 Å². The van der Waals surface area contributed by atoms with Crippen molar-refractivity contribution in [1.29, 1.82) is 0 Å². The highest BCUT2D eigenvalue weighted by Crippen LogP contribution is 2.25. The van der Waals surface area contributed by atoms with E-state index in [1.165, 1.54) is 6.42 Å². The third-order valence-corrected chi connectivity index (χ3v) is 5.25. The maximum atomic E-state index is 12.8. The molecule has 4 N–H and O–H groups in total. The van der Waals surface area contributed by atoms with Crippen LogP contribution in [0.3, 0.4) is 0 Å². The molecule has 8 heteroatoms. The van der Waals surface area contributed by atoms with Gasteiger partial charge in [0.2, 0.25) is 0 Å². The Balaban J connectivity index is 2.18. The topological polar surface area (TPSA) is 140 Å². The van der Waals surface area contributed by atoms with Crippen LogP contribution in [-0.4, -0.2) is 32.1 Å². The Bertz CT molecular complexity index is 1240. The molecule has 0 atom stereocenters. The minimum absolute atomic E-state index is 0.0960. The number of carboxylic acids is 2. The Kier molecular flexibility index (Phi) is 6.34. The van der Waals surface area contributed by atoms with Crippen LogP contribution in [0.15, 0.2) is 27.8 Å². The molecule has 1 aromatic carbocycles. The van der Waals surface area contributed by atoms with Crippen molar-refractivity contribution in [2.45, 2.75) is 51.9 Å². The summed E-state index contributed by atoms with van der Waals surface area (Å²) in [6, 6.07) is 3.56. The standard InChI is InChI=1S/C22H24N2O6/c1-2-3-4-5-6-7-8-12-9-13-16(25)10-14(21(27)28)24-20(13)18-17(26)11-15(22(29)30)23-19(12)18/h9-11H,2-8H2,1H3,(H,23,26)(H,24,25)(H,27,28)(H,29,30). The molecule has 0 saturated heterocycles. The SMILES string of the molecule is CCCCCCCCc1cc2c(=O)cc(C(=O)O)[nH]c2c2c(=O)cc(C(=O)O)[nH]c12. The van der Waals surface area contributed by atoms with E-state index < -0.39 is 22.8 Å². The summed E-state index contributed by atoms with van der Waals surface area (Å²) in [5, 5.41) is 18.9. The van der Waals surface area contributed by atoms with Gasteiger partial charge in [-0.15, -0.1) is 0 Å². The van der Waals surface area contributed by atoms with Crippen molar-refractivity contribution in [3.05, 3.63) is 55.6 Å². The Morgan fingerprint density at radius 2 is 1.37 bits per heavy atom. The van der Waals surface area contributed by atoms with Gasteiger partial charge in [-0.3, -0.25) is 9.59 Å². The number of hydrogen-bond donors (Lipinski definition) is 4. The normalized spacial score (nSPS) is 11.2. The highest BCUT2D eigenvalue weighted by atomic mass is 16.4. The molecule has 3 aromatic rings. The number of benzene rings is 1. The van der Waals surface area contributed by atoms with Gasteiger partial charge < -0.3 is 20.2 Å². The molecule has 0 amide bonds. The molecule has 0 bridgehead atoms. The molecular weight excluding hydrogens is 388 g/mol. The van der Waals surface area contributed by atoms with Crippen molar-refractivity contribution in [1.82, 2.24) is 9.97 Å². The first-order chi connectivity index (χ1) is 14.3. The number of aryl methyl sites for hydroxylation is 1. The number of aromatic amines is 2. The average molecular weight is 412 g/mol. The number of unbranched alkanes of at least 4 members (excludes halogenated alkanes) is 5. The summed E-state index contributed by atoms with van der Waals surface area (Å²) in [6.45, 7) is 2.14. The van der Waals surface area contributed by atoms with Crippen LogP contribution in [-0.2, 0) is 6.42 Å². The van der Waals surface area contributed by atoms with Crippen molar-refractivity contribution in [2.24, 2.45) is 0 Å². The molecule has 2 heterocycles. The first-order valence-corrected chi connectivity index (χ1v) is 10.1. The van der Waals surface area contributed by atoms with Gasteiger partial charge in [-0.2, -0.15) is 0 Å². The maximum absolute atomic E-state index is 12.8. The minimum Gasteiger partial charge on any atom is -0.477 e. The van der Waals surface area contributed by atoms with E-state index in [0.29, 0.717) is 17.5 Å². The predicted molar refractivity (Wildman–Crippen MR) is 114 cm³/mol. The molecule has 0 aliphatic heterocycles. The minimum atomic E-state index is -1.32. The molecule has 0 fully saturated rings. The van der Waals surface area contributed by atoms with Gasteiger partial charge in [0.15, 0.2) is 10.9 Å². The third kappa shape index (κ3) is 4.27. The van der Waals surface area contributed by atoms with Crippen LogP contribution in [0, 0.1) is 0 Å². The van der Waals surface area contributed by atoms with Crippen LogP contribution in [0.2, 0.25) is 0 Å². The molecular formula is C22H24N2O6. The van der Waals surface area contributed by atoms with E-state index in [0.717, 1.165) is 44.2 Å². The van der Waals surface area contributed by atoms with Gasteiger partial charge in [-0.05, 0) is 24.5 Å². The quantitative estimate of drug-likeness (QED) is 0.312. The molecule has 158 valence electrons. The van der Waals surface area contributed by atoms with E-state index in [2.05, 4.69) is 16.9 Å². The first kappa shape index (κ1) is 21.3. The van der Waals surface area contributed by atoms with Gasteiger partial charge in [0, 0.05) is 17.5 Å². The third-order valence-electron chi connectivity index (χ3n) is 5.25. The second kappa shape index (κ2) is 8.94. The van der Waals surface area contributed by atoms with E-state index >= 15 is 0 Å². The summed E-state index contributed by atoms with van der Waals surface area (Å²) in [6.07, 6.45) is 6.93. The van der Waals surface area contributed by atoms with Crippen LogP contribution in [0.5, 0.6) is 0 Å². The molecule has 30 heavy (non-hydrogen) atoms. The molecule has 3 rings (SSSR count). The lowest BCUT2D eigenvalue weighted by Gasteiger charge is -2.12. The largest absolute Gasteiger partial charge is 0.477 e. The number of carbonyl (C=O) groups is 2. The highest BCUT2D eigenvalue weighted by Gasteiger charge is 2.17. The molecule has 0 spiro atoms. The van der Waals surface area contributed by atoms with Crippen molar-refractivity contribution < 1.29 is 19.8 Å². The van der Waals surface area contributed by atoms with E-state index in [4.69, 9.17) is 0 Å². The van der Waals surface area contributed by atoms with Gasteiger partial charge in [-0.25, -0.2) is 9.59 Å². The van der Waals surface area contributed by atoms with Gasteiger partial charge >= 0.3 is 11.9 Å². The number of pyridine rings is 2. The fourth-order valence-electron chi connectivity index (χ4n) is 3.73. The number of rotatable bonds is 9. The summed E-state index contributed by atoms with van der Waals surface area (Å²) >= 11 is 0. The van der Waals surface area contributed by atoms with Gasteiger partial charge in [0.05, 0.1) is 16.4 Å². The summed E-state index contributed by atoms with van der Waals surface area (Å²) in [5.41, 5.74) is -0.601. The molecule has 0 aliphatic rings. The summed E-state index contributed by atoms with van der Waals surface area (Å²) in [7, 11) is 0. The monoisotopic (exact) mass is 412 g/mol. The molecule has 0 radical (unpaired) electrons. The number of H-pyrrole nitrogens is 2. The second-order valence-corrected chi connectivity index (χ2v) is 7.43. The smallest absolute Gasteiger partial charge is 0.352 e. The molecule has 0 unspecified atom stereocenters. The van der Waals surface area contributed by atoms with E-state index in [1.807, 2.05) is 0 Å². The van der Waals surface area contributed by atoms with Crippen molar-refractivity contribution in [3.63, 3.8) is 0 Å². The number of aromatic carboxylic acids is 2. The molecule has 0 aliphatic carbocycles. The van der Waals surface area contributed by atoms with E-state index in [9.17, 15) is 29.4 Å². The lowest BCUT2D eigenvalue weighted by Crippen LogP contribution is -2.15. The number of aromatic nitrogens is 2. The van der Waals surface area contributed by atoms with Gasteiger partial charge in [0.1, 0.15) is 11.4 Å². The lowest BCUT2D eigenvalue weighted by atomic mass is 9.98. The Morgan fingerprint density at radius 3 is 2.00 bits per heavy atom. The van der Waals surface area contributed by atoms with Crippen molar-refractivity contribution in [3.8, 4) is 0 Å². The average Bonchev–Trinajstić information content (AvgIpc) is 2.70. The Morgan fingerprint density at radius 1 is 0.800 bits per heavy atom. The van der Waals surface area contributed by atoms with Crippen molar-refractivity contribution >= 4 is 33.7 Å². The van der Waals surface area contributed by atoms with Crippen LogP contribution in [0.25, 0.3) is 21.8 Å². The lowest BCUT2D eigenvalue weighted by molar-refractivity contribution is 0.0680. The van der Waals surface area contributed by atoms with E-state index in [-0.39, 0.29) is 27.7 Å². The summed E-state index contributed by atoms with van der Waals surface area (Å²) < 4.78 is 0.